The Morgan fingerprint density at radius 3 is 2.48 bits per heavy atom. The van der Waals surface area contributed by atoms with Gasteiger partial charge in [-0.3, -0.25) is 9.69 Å². The van der Waals surface area contributed by atoms with E-state index in [1.165, 1.54) is 0 Å². The van der Waals surface area contributed by atoms with E-state index in [1.54, 1.807) is 0 Å². The number of carbonyl (C=O) groups is 1. The van der Waals surface area contributed by atoms with Crippen LogP contribution in [0.5, 0.6) is 0 Å². The average molecular weight is 438 g/mol. The predicted octanol–water partition coefficient (Wildman–Crippen LogP) is 5.17. The summed E-state index contributed by atoms with van der Waals surface area (Å²) in [5.74, 6) is 1.79. The van der Waals surface area contributed by atoms with Crippen molar-refractivity contribution in [2.24, 2.45) is 5.92 Å². The van der Waals surface area contributed by atoms with E-state index in [-0.39, 0.29) is 11.8 Å². The van der Waals surface area contributed by atoms with E-state index in [0.717, 1.165) is 55.1 Å². The van der Waals surface area contributed by atoms with Crippen molar-refractivity contribution in [1.29, 1.82) is 0 Å². The zero-order valence-corrected chi connectivity index (χ0v) is 18.8. The molecule has 0 saturated carbocycles. The first-order valence-electron chi connectivity index (χ1n) is 10.7. The molecule has 1 amide bonds. The molecular formula is C25H28ClN3O2. The summed E-state index contributed by atoms with van der Waals surface area (Å²) in [7, 11) is 1.90. The van der Waals surface area contributed by atoms with E-state index in [4.69, 9.17) is 21.0 Å². The zero-order valence-electron chi connectivity index (χ0n) is 18.1. The number of hydrogen-bond donors (Lipinski definition) is 0. The molecule has 1 aliphatic rings. The van der Waals surface area contributed by atoms with Crippen molar-refractivity contribution in [1.82, 2.24) is 14.8 Å². The van der Waals surface area contributed by atoms with Gasteiger partial charge in [-0.15, -0.1) is 0 Å². The van der Waals surface area contributed by atoms with E-state index in [2.05, 4.69) is 17.0 Å². The van der Waals surface area contributed by atoms with E-state index in [1.807, 2.05) is 61.3 Å². The lowest BCUT2D eigenvalue weighted by atomic mass is 9.95. The summed E-state index contributed by atoms with van der Waals surface area (Å²) in [6.07, 6.45) is 1.75. The molecule has 0 N–H and O–H groups in total. The molecule has 0 radical (unpaired) electrons. The second-order valence-corrected chi connectivity index (χ2v) is 8.70. The van der Waals surface area contributed by atoms with Gasteiger partial charge in [-0.25, -0.2) is 4.98 Å². The van der Waals surface area contributed by atoms with Crippen LogP contribution in [0, 0.1) is 12.8 Å². The number of nitrogens with zero attached hydrogens (tertiary/aromatic N) is 3. The van der Waals surface area contributed by atoms with Gasteiger partial charge in [0.25, 0.3) is 0 Å². The van der Waals surface area contributed by atoms with Gasteiger partial charge in [-0.2, -0.15) is 0 Å². The summed E-state index contributed by atoms with van der Waals surface area (Å²) < 4.78 is 5.89. The van der Waals surface area contributed by atoms with Gasteiger partial charge >= 0.3 is 0 Å². The first-order chi connectivity index (χ1) is 15.0. The molecule has 162 valence electrons. The number of carbonyl (C=O) groups excluding carboxylic acids is 1. The maximum atomic E-state index is 12.9. The number of halogens is 1. The summed E-state index contributed by atoms with van der Waals surface area (Å²) in [6.45, 7) is 5.13. The lowest BCUT2D eigenvalue weighted by Gasteiger charge is -2.32. The van der Waals surface area contributed by atoms with E-state index >= 15 is 0 Å². The van der Waals surface area contributed by atoms with Gasteiger partial charge in [0.1, 0.15) is 5.76 Å². The molecule has 0 unspecified atom stereocenters. The molecule has 1 saturated heterocycles. The topological polar surface area (TPSA) is 49.6 Å². The van der Waals surface area contributed by atoms with Gasteiger partial charge in [0.15, 0.2) is 0 Å². The van der Waals surface area contributed by atoms with Crippen LogP contribution >= 0.6 is 11.6 Å². The standard InChI is InChI=1S/C25H28ClN3O2/c1-18-23(27-24(31-18)20-8-10-22(26)11-9-20)17-29-14-12-21(13-15-29)25(30)28(2)16-19-6-4-3-5-7-19/h3-11,21H,12-17H2,1-2H3. The number of piperidine rings is 1. The molecule has 1 aromatic heterocycles. The number of aryl methyl sites for hydroxylation is 1. The molecule has 0 aliphatic carbocycles. The highest BCUT2D eigenvalue weighted by Crippen LogP contribution is 2.26. The van der Waals surface area contributed by atoms with Gasteiger partial charge in [0.05, 0.1) is 5.69 Å². The Morgan fingerprint density at radius 2 is 1.81 bits per heavy atom. The van der Waals surface area contributed by atoms with Crippen LogP contribution in [0.15, 0.2) is 59.0 Å². The van der Waals surface area contributed by atoms with Crippen LogP contribution in [-0.4, -0.2) is 40.8 Å². The molecule has 0 bridgehead atoms. The molecule has 3 aromatic rings. The van der Waals surface area contributed by atoms with Crippen LogP contribution in [0.25, 0.3) is 11.5 Å². The Kier molecular flexibility index (Phi) is 6.73. The molecule has 5 nitrogen and oxygen atoms in total. The molecule has 0 atom stereocenters. The number of benzene rings is 2. The summed E-state index contributed by atoms with van der Waals surface area (Å²) in [5, 5.41) is 0.694. The number of amides is 1. The largest absolute Gasteiger partial charge is 0.441 e. The molecular weight excluding hydrogens is 410 g/mol. The quantitative estimate of drug-likeness (QED) is 0.533. The SMILES string of the molecule is Cc1oc(-c2ccc(Cl)cc2)nc1CN1CCC(C(=O)N(C)Cc2ccccc2)CC1. The van der Waals surface area contributed by atoms with Gasteiger partial charge < -0.3 is 9.32 Å². The van der Waals surface area contributed by atoms with Crippen LogP contribution in [0.1, 0.15) is 29.9 Å². The summed E-state index contributed by atoms with van der Waals surface area (Å²) >= 11 is 5.97. The Balaban J connectivity index is 1.31. The minimum atomic E-state index is 0.0907. The number of aromatic nitrogens is 1. The Hall–Kier alpha value is -2.63. The van der Waals surface area contributed by atoms with Crippen molar-refractivity contribution in [3.05, 3.63) is 76.6 Å². The second-order valence-electron chi connectivity index (χ2n) is 8.26. The number of hydrogen-bond acceptors (Lipinski definition) is 4. The van der Waals surface area contributed by atoms with Gasteiger partial charge in [0.2, 0.25) is 11.8 Å². The molecule has 2 aromatic carbocycles. The van der Waals surface area contributed by atoms with Gasteiger partial charge in [-0.05, 0) is 62.7 Å². The average Bonchev–Trinajstić information content (AvgIpc) is 3.15. The van der Waals surface area contributed by atoms with Crippen LogP contribution in [-0.2, 0) is 17.9 Å². The Labute approximate surface area is 188 Å². The van der Waals surface area contributed by atoms with Crippen LogP contribution in [0.4, 0.5) is 0 Å². The highest BCUT2D eigenvalue weighted by Gasteiger charge is 2.28. The van der Waals surface area contributed by atoms with Crippen molar-refractivity contribution in [2.45, 2.75) is 32.9 Å². The van der Waals surface area contributed by atoms with Gasteiger partial charge in [-0.1, -0.05) is 41.9 Å². The number of likely N-dealkylation sites (tertiary alicyclic amines) is 1. The van der Waals surface area contributed by atoms with Crippen molar-refractivity contribution < 1.29 is 9.21 Å². The van der Waals surface area contributed by atoms with Crippen molar-refractivity contribution >= 4 is 17.5 Å². The van der Waals surface area contributed by atoms with E-state index in [0.29, 0.717) is 17.5 Å². The molecule has 1 aliphatic heterocycles. The summed E-state index contributed by atoms with van der Waals surface area (Å²) in [5.41, 5.74) is 3.04. The van der Waals surface area contributed by atoms with Gasteiger partial charge in [0, 0.05) is 36.6 Å². The van der Waals surface area contributed by atoms with Crippen molar-refractivity contribution in [2.75, 3.05) is 20.1 Å². The monoisotopic (exact) mass is 437 g/mol. The third kappa shape index (κ3) is 5.35. The first kappa shape index (κ1) is 21.6. The fourth-order valence-electron chi connectivity index (χ4n) is 4.09. The number of rotatable bonds is 6. The fraction of sp³-hybridized carbons (Fsp3) is 0.360. The highest BCUT2D eigenvalue weighted by atomic mass is 35.5. The second kappa shape index (κ2) is 9.67. The number of oxazole rings is 1. The zero-order chi connectivity index (χ0) is 21.8. The molecule has 0 spiro atoms. The summed E-state index contributed by atoms with van der Waals surface area (Å²) in [6, 6.07) is 17.7. The third-order valence-corrected chi connectivity index (χ3v) is 6.18. The summed E-state index contributed by atoms with van der Waals surface area (Å²) in [4.78, 5) is 21.8. The van der Waals surface area contributed by atoms with Crippen LogP contribution in [0.2, 0.25) is 5.02 Å². The highest BCUT2D eigenvalue weighted by molar-refractivity contribution is 6.30. The lowest BCUT2D eigenvalue weighted by Crippen LogP contribution is -2.40. The molecule has 1 fully saturated rings. The predicted molar refractivity (Wildman–Crippen MR) is 123 cm³/mol. The molecule has 31 heavy (non-hydrogen) atoms. The van der Waals surface area contributed by atoms with Crippen molar-refractivity contribution in [3.8, 4) is 11.5 Å². The van der Waals surface area contributed by atoms with Crippen LogP contribution < -0.4 is 0 Å². The third-order valence-electron chi connectivity index (χ3n) is 5.93. The fourth-order valence-corrected chi connectivity index (χ4v) is 4.21. The maximum Gasteiger partial charge on any atom is 0.226 e. The molecule has 4 rings (SSSR count). The van der Waals surface area contributed by atoms with Crippen LogP contribution in [0.3, 0.4) is 0 Å². The van der Waals surface area contributed by atoms with Crippen molar-refractivity contribution in [3.63, 3.8) is 0 Å². The van der Waals surface area contributed by atoms with E-state index < -0.39 is 0 Å². The van der Waals surface area contributed by atoms with E-state index in [9.17, 15) is 4.79 Å². The normalized spacial score (nSPS) is 15.2. The minimum absolute atomic E-state index is 0.0907. The Morgan fingerprint density at radius 1 is 1.13 bits per heavy atom. The maximum absolute atomic E-state index is 12.9. The molecule has 2 heterocycles. The minimum Gasteiger partial charge on any atom is -0.441 e. The smallest absolute Gasteiger partial charge is 0.226 e. The Bertz CT molecular complexity index is 1010. The first-order valence-corrected chi connectivity index (χ1v) is 11.1. The molecule has 6 heteroatoms. The lowest BCUT2D eigenvalue weighted by molar-refractivity contribution is -0.136.